The van der Waals surface area contributed by atoms with Gasteiger partial charge in [0, 0.05) is 18.7 Å². The van der Waals surface area contributed by atoms with Gasteiger partial charge in [-0.25, -0.2) is 8.42 Å². The third kappa shape index (κ3) is 8.10. The number of carbonyl (C=O) groups excluding carboxylic acids is 2. The predicted molar refractivity (Wildman–Crippen MR) is 162 cm³/mol. The topological polar surface area (TPSA) is 96.0 Å². The van der Waals surface area contributed by atoms with Gasteiger partial charge < -0.3 is 15.0 Å². The molecule has 0 bridgehead atoms. The number of amides is 2. The molecule has 220 valence electrons. The highest BCUT2D eigenvalue weighted by atomic mass is 32.2. The number of rotatable bonds is 13. The van der Waals surface area contributed by atoms with E-state index in [1.807, 2.05) is 58.9 Å². The van der Waals surface area contributed by atoms with Crippen molar-refractivity contribution in [2.24, 2.45) is 0 Å². The molecule has 0 aliphatic carbocycles. The molecule has 0 aliphatic heterocycles. The lowest BCUT2D eigenvalue weighted by molar-refractivity contribution is -0.140. The minimum Gasteiger partial charge on any atom is -0.497 e. The number of aryl methyl sites for hydroxylation is 2. The molecule has 0 unspecified atom stereocenters. The Bertz CT molecular complexity index is 1440. The zero-order chi connectivity index (χ0) is 30.2. The summed E-state index contributed by atoms with van der Waals surface area (Å²) in [6.07, 6.45) is 1.11. The van der Waals surface area contributed by atoms with E-state index in [9.17, 15) is 18.0 Å². The summed E-state index contributed by atoms with van der Waals surface area (Å²) in [6, 6.07) is 19.9. The van der Waals surface area contributed by atoms with Crippen LogP contribution in [0, 0.1) is 13.8 Å². The smallest absolute Gasteiger partial charge is 0.264 e. The maximum atomic E-state index is 14.2. The van der Waals surface area contributed by atoms with Gasteiger partial charge in [-0.3, -0.25) is 13.9 Å². The van der Waals surface area contributed by atoms with Crippen molar-refractivity contribution in [1.29, 1.82) is 0 Å². The number of nitrogens with zero attached hydrogens (tertiary/aromatic N) is 2. The maximum Gasteiger partial charge on any atom is 0.264 e. The molecule has 0 aliphatic rings. The Labute approximate surface area is 244 Å². The van der Waals surface area contributed by atoms with Gasteiger partial charge in [-0.05, 0) is 63.4 Å². The molecule has 0 saturated heterocycles. The van der Waals surface area contributed by atoms with E-state index in [-0.39, 0.29) is 29.1 Å². The fraction of sp³-hybridized carbons (Fsp3) is 0.375. The largest absolute Gasteiger partial charge is 0.497 e. The molecule has 3 rings (SSSR count). The Morgan fingerprint density at radius 2 is 1.59 bits per heavy atom. The van der Waals surface area contributed by atoms with Crippen LogP contribution in [-0.4, -0.2) is 50.9 Å². The second kappa shape index (κ2) is 14.2. The van der Waals surface area contributed by atoms with E-state index in [1.165, 1.54) is 24.1 Å². The lowest BCUT2D eigenvalue weighted by Gasteiger charge is -2.34. The van der Waals surface area contributed by atoms with Crippen molar-refractivity contribution >= 4 is 27.5 Å². The maximum absolute atomic E-state index is 14.2. The second-order valence-corrected chi connectivity index (χ2v) is 12.1. The van der Waals surface area contributed by atoms with E-state index in [0.29, 0.717) is 12.2 Å². The molecular formula is C32H41N3O5S. The summed E-state index contributed by atoms with van der Waals surface area (Å²) in [6.45, 7) is 9.23. The molecule has 3 aromatic carbocycles. The minimum absolute atomic E-state index is 0.0607. The van der Waals surface area contributed by atoms with Crippen LogP contribution in [0.4, 0.5) is 5.69 Å². The highest BCUT2D eigenvalue weighted by Crippen LogP contribution is 2.28. The summed E-state index contributed by atoms with van der Waals surface area (Å²) < 4.78 is 34.4. The normalized spacial score (nSPS) is 12.7. The number of anilines is 1. The highest BCUT2D eigenvalue weighted by molar-refractivity contribution is 7.92. The van der Waals surface area contributed by atoms with E-state index in [1.54, 1.807) is 36.4 Å². The standard InChI is InChI=1S/C32H41N3O5S/c1-7-25(5)33-32(37)30(8-2)34(21-26-12-9-11-24(4)19-26)31(36)22-35(27-13-10-14-28(20-27)40-6)41(38,39)29-17-15-23(3)16-18-29/h9-20,25,30H,7-8,21-22H2,1-6H3,(H,33,37)/t25-,30-/m1/s1. The monoisotopic (exact) mass is 579 g/mol. The van der Waals surface area contributed by atoms with Gasteiger partial charge in [0.25, 0.3) is 10.0 Å². The molecule has 41 heavy (non-hydrogen) atoms. The average Bonchev–Trinajstić information content (AvgIpc) is 2.95. The number of nitrogens with one attached hydrogen (secondary N) is 1. The van der Waals surface area contributed by atoms with Crippen LogP contribution in [0.5, 0.6) is 5.75 Å². The van der Waals surface area contributed by atoms with E-state index in [2.05, 4.69) is 5.32 Å². The van der Waals surface area contributed by atoms with Crippen molar-refractivity contribution in [3.8, 4) is 5.75 Å². The number of ether oxygens (including phenoxy) is 1. The summed E-state index contributed by atoms with van der Waals surface area (Å²) in [5.74, 6) is -0.302. The Morgan fingerprint density at radius 3 is 2.20 bits per heavy atom. The van der Waals surface area contributed by atoms with Gasteiger partial charge in [0.2, 0.25) is 11.8 Å². The fourth-order valence-corrected chi connectivity index (χ4v) is 5.91. The number of methoxy groups -OCH3 is 1. The minimum atomic E-state index is -4.15. The van der Waals surface area contributed by atoms with Crippen LogP contribution in [0.15, 0.2) is 77.7 Å². The van der Waals surface area contributed by atoms with Crippen LogP contribution in [0.25, 0.3) is 0 Å². The second-order valence-electron chi connectivity index (χ2n) is 10.3. The summed E-state index contributed by atoms with van der Waals surface area (Å²) in [7, 11) is -2.66. The van der Waals surface area contributed by atoms with Gasteiger partial charge in [0.1, 0.15) is 18.3 Å². The van der Waals surface area contributed by atoms with Crippen LogP contribution in [0.1, 0.15) is 50.3 Å². The Hall–Kier alpha value is -3.85. The SMILES string of the molecule is CC[C@@H](C)NC(=O)[C@@H](CC)N(Cc1cccc(C)c1)C(=O)CN(c1cccc(OC)c1)S(=O)(=O)c1ccc(C)cc1. The van der Waals surface area contributed by atoms with Crippen LogP contribution in [0.2, 0.25) is 0 Å². The summed E-state index contributed by atoms with van der Waals surface area (Å²) in [5.41, 5.74) is 3.07. The first-order valence-corrected chi connectivity index (χ1v) is 15.3. The number of carbonyl (C=O) groups is 2. The zero-order valence-electron chi connectivity index (χ0n) is 24.8. The molecule has 0 heterocycles. The first-order valence-electron chi connectivity index (χ1n) is 13.9. The molecule has 2 atom stereocenters. The van der Waals surface area contributed by atoms with Crippen LogP contribution >= 0.6 is 0 Å². The van der Waals surface area contributed by atoms with E-state index < -0.39 is 28.5 Å². The van der Waals surface area contributed by atoms with Crippen molar-refractivity contribution in [1.82, 2.24) is 10.2 Å². The zero-order valence-corrected chi connectivity index (χ0v) is 25.6. The van der Waals surface area contributed by atoms with Gasteiger partial charge in [-0.1, -0.05) is 67.4 Å². The van der Waals surface area contributed by atoms with Crippen LogP contribution in [0.3, 0.4) is 0 Å². The Balaban J connectivity index is 2.08. The number of sulfonamides is 1. The average molecular weight is 580 g/mol. The van der Waals surface area contributed by atoms with Gasteiger partial charge in [-0.2, -0.15) is 0 Å². The summed E-state index contributed by atoms with van der Waals surface area (Å²) >= 11 is 0. The third-order valence-electron chi connectivity index (χ3n) is 7.05. The molecule has 9 heteroatoms. The molecule has 0 spiro atoms. The lowest BCUT2D eigenvalue weighted by Crippen LogP contribution is -2.53. The Kier molecular flexibility index (Phi) is 10.9. The molecule has 0 fully saturated rings. The quantitative estimate of drug-likeness (QED) is 0.299. The van der Waals surface area contributed by atoms with E-state index >= 15 is 0 Å². The molecule has 8 nitrogen and oxygen atoms in total. The van der Waals surface area contributed by atoms with Crippen LogP contribution < -0.4 is 14.4 Å². The van der Waals surface area contributed by atoms with Gasteiger partial charge in [0.15, 0.2) is 0 Å². The lowest BCUT2D eigenvalue weighted by atomic mass is 10.1. The molecule has 3 aromatic rings. The molecular weight excluding hydrogens is 538 g/mol. The first kappa shape index (κ1) is 31.7. The number of hydrogen-bond acceptors (Lipinski definition) is 5. The van der Waals surface area contributed by atoms with Crippen molar-refractivity contribution in [3.05, 3.63) is 89.5 Å². The van der Waals surface area contributed by atoms with Gasteiger partial charge in [-0.15, -0.1) is 0 Å². The number of benzene rings is 3. The molecule has 0 radical (unpaired) electrons. The highest BCUT2D eigenvalue weighted by Gasteiger charge is 2.34. The van der Waals surface area contributed by atoms with Crippen LogP contribution in [-0.2, 0) is 26.2 Å². The van der Waals surface area contributed by atoms with Crippen molar-refractivity contribution < 1.29 is 22.7 Å². The summed E-state index contributed by atoms with van der Waals surface area (Å²) in [4.78, 5) is 29.1. The molecule has 1 N–H and O–H groups in total. The van der Waals surface area contributed by atoms with E-state index in [0.717, 1.165) is 27.4 Å². The first-order chi connectivity index (χ1) is 19.5. The van der Waals surface area contributed by atoms with E-state index in [4.69, 9.17) is 4.74 Å². The Morgan fingerprint density at radius 1 is 0.902 bits per heavy atom. The predicted octanol–water partition coefficient (Wildman–Crippen LogP) is 5.23. The number of hydrogen-bond donors (Lipinski definition) is 1. The molecule has 0 saturated carbocycles. The van der Waals surface area contributed by atoms with Crippen molar-refractivity contribution in [2.45, 2.75) is 71.0 Å². The molecule has 2 amide bonds. The van der Waals surface area contributed by atoms with Crippen molar-refractivity contribution in [3.63, 3.8) is 0 Å². The van der Waals surface area contributed by atoms with Crippen molar-refractivity contribution in [2.75, 3.05) is 18.0 Å². The third-order valence-corrected chi connectivity index (χ3v) is 8.84. The molecule has 0 aromatic heterocycles. The fourth-order valence-electron chi connectivity index (χ4n) is 4.50. The van der Waals surface area contributed by atoms with Gasteiger partial charge >= 0.3 is 0 Å². The summed E-state index contributed by atoms with van der Waals surface area (Å²) in [5, 5.41) is 2.99. The van der Waals surface area contributed by atoms with Gasteiger partial charge in [0.05, 0.1) is 17.7 Å².